The van der Waals surface area contributed by atoms with Crippen molar-refractivity contribution in [2.75, 3.05) is 6.54 Å². The van der Waals surface area contributed by atoms with Crippen molar-refractivity contribution < 1.29 is 4.21 Å². The van der Waals surface area contributed by atoms with Crippen molar-refractivity contribution in [2.45, 2.75) is 54.8 Å². The number of thioether (sulfide) groups is 1. The van der Waals surface area contributed by atoms with Crippen LogP contribution in [0.5, 0.6) is 0 Å². The van der Waals surface area contributed by atoms with Crippen molar-refractivity contribution >= 4 is 33.7 Å². The maximum atomic E-state index is 13.4. The summed E-state index contributed by atoms with van der Waals surface area (Å²) in [6.07, 6.45) is 7.51. The van der Waals surface area contributed by atoms with Crippen LogP contribution in [0.4, 0.5) is 0 Å². The van der Waals surface area contributed by atoms with Crippen molar-refractivity contribution in [1.82, 2.24) is 41.3 Å². The summed E-state index contributed by atoms with van der Waals surface area (Å²) >= 11 is 1.80. The molecule has 6 unspecified atom stereocenters. The van der Waals surface area contributed by atoms with Gasteiger partial charge in [-0.05, 0) is 43.2 Å². The maximum Gasteiger partial charge on any atom is 0.201 e. The summed E-state index contributed by atoms with van der Waals surface area (Å²) in [6.45, 7) is 0.985. The van der Waals surface area contributed by atoms with E-state index < -0.39 is 10.8 Å². The molecule has 0 amide bonds. The molecule has 7 rings (SSSR count). The molecule has 9 nitrogen and oxygen atoms in total. The Balaban J connectivity index is 1.25. The van der Waals surface area contributed by atoms with Gasteiger partial charge in [0.1, 0.15) is 5.52 Å². The van der Waals surface area contributed by atoms with Gasteiger partial charge >= 0.3 is 0 Å². The molecule has 1 aliphatic carbocycles. The number of aryl methyl sites for hydroxylation is 1. The highest BCUT2D eigenvalue weighted by Crippen LogP contribution is 2.55. The first-order valence-corrected chi connectivity index (χ1v) is 13.3. The van der Waals surface area contributed by atoms with Gasteiger partial charge in [-0.1, -0.05) is 23.4 Å². The van der Waals surface area contributed by atoms with E-state index in [9.17, 15) is 4.21 Å². The molecular formula is C20H26N8OS2. The van der Waals surface area contributed by atoms with Gasteiger partial charge in [0, 0.05) is 43.0 Å². The van der Waals surface area contributed by atoms with Crippen LogP contribution in [-0.2, 0) is 17.8 Å². The van der Waals surface area contributed by atoms with Crippen LogP contribution < -0.4 is 16.2 Å². The SMILES string of the molecule is Cn1nnc2ncc(C3CC4C5C(=C(S(=O)C6CCC6)SC5N3)NN3NCCC43)cc21. The number of hydrazine groups is 2. The summed E-state index contributed by atoms with van der Waals surface area (Å²) in [5, 5.41) is 14.9. The lowest BCUT2D eigenvalue weighted by atomic mass is 9.74. The van der Waals surface area contributed by atoms with Crippen molar-refractivity contribution in [2.24, 2.45) is 18.9 Å². The van der Waals surface area contributed by atoms with Crippen molar-refractivity contribution in [3.63, 3.8) is 0 Å². The Morgan fingerprint density at radius 3 is 3.03 bits per heavy atom. The minimum atomic E-state index is -0.907. The lowest BCUT2D eigenvalue weighted by Gasteiger charge is -2.48. The second-order valence-electron chi connectivity index (χ2n) is 9.30. The fourth-order valence-electron chi connectivity index (χ4n) is 5.80. The summed E-state index contributed by atoms with van der Waals surface area (Å²) < 4.78 is 16.2. The zero-order valence-electron chi connectivity index (χ0n) is 17.3. The highest BCUT2D eigenvalue weighted by Gasteiger charge is 2.55. The molecule has 0 spiro atoms. The molecule has 31 heavy (non-hydrogen) atoms. The summed E-state index contributed by atoms with van der Waals surface area (Å²) in [5.41, 5.74) is 11.2. The molecule has 0 bridgehead atoms. The van der Waals surface area contributed by atoms with Crippen LogP contribution in [0.25, 0.3) is 11.2 Å². The molecule has 164 valence electrons. The van der Waals surface area contributed by atoms with Gasteiger partial charge in [-0.2, -0.15) is 5.12 Å². The molecular weight excluding hydrogens is 432 g/mol. The average molecular weight is 459 g/mol. The fourth-order valence-corrected chi connectivity index (χ4v) is 9.62. The monoisotopic (exact) mass is 458 g/mol. The van der Waals surface area contributed by atoms with E-state index in [1.54, 1.807) is 16.4 Å². The maximum absolute atomic E-state index is 13.4. The quantitative estimate of drug-likeness (QED) is 0.628. The van der Waals surface area contributed by atoms with Gasteiger partial charge in [0.15, 0.2) is 0 Å². The van der Waals surface area contributed by atoms with Crippen LogP contribution in [0, 0.1) is 11.8 Å². The lowest BCUT2D eigenvalue weighted by molar-refractivity contribution is 0.00559. The predicted molar refractivity (Wildman–Crippen MR) is 119 cm³/mol. The van der Waals surface area contributed by atoms with E-state index in [4.69, 9.17) is 0 Å². The number of piperidine rings is 1. The van der Waals surface area contributed by atoms with Crippen LogP contribution in [0.1, 0.15) is 43.7 Å². The highest BCUT2D eigenvalue weighted by molar-refractivity contribution is 8.17. The number of nitrogens with one attached hydrogen (secondary N) is 3. The standard InChI is InChI=1S/C20H26N8OS2/c1-27-15-7-10(9-21-18(15)24-26-27)13-8-12-14-5-6-22-28(14)25-17-16(12)19(23-13)30-20(17)31(29)11-3-2-4-11/h7,9,11-14,16,19,22-23,25H,2-6,8H2,1H3. The first-order valence-electron chi connectivity index (χ1n) is 11.2. The Hall–Kier alpha value is -1.53. The largest absolute Gasteiger partial charge is 0.307 e. The van der Waals surface area contributed by atoms with Gasteiger partial charge in [0.2, 0.25) is 5.65 Å². The zero-order chi connectivity index (χ0) is 20.7. The summed E-state index contributed by atoms with van der Waals surface area (Å²) in [6, 6.07) is 2.84. The molecule has 2 aromatic heterocycles. The predicted octanol–water partition coefficient (Wildman–Crippen LogP) is 1.27. The molecule has 1 saturated carbocycles. The molecule has 2 aromatic rings. The molecule has 3 N–H and O–H groups in total. The van der Waals surface area contributed by atoms with E-state index in [0.29, 0.717) is 28.8 Å². The Labute approximate surface area is 187 Å². The van der Waals surface area contributed by atoms with E-state index >= 15 is 0 Å². The van der Waals surface area contributed by atoms with Crippen LogP contribution in [0.2, 0.25) is 0 Å². The minimum Gasteiger partial charge on any atom is -0.307 e. The second kappa shape index (κ2) is 6.98. The molecule has 0 radical (unpaired) electrons. The third-order valence-corrected chi connectivity index (χ3v) is 11.2. The van der Waals surface area contributed by atoms with Gasteiger partial charge in [-0.25, -0.2) is 15.1 Å². The molecule has 4 aliphatic heterocycles. The van der Waals surface area contributed by atoms with E-state index in [2.05, 4.69) is 42.6 Å². The number of hydrogen-bond acceptors (Lipinski definition) is 9. The summed E-state index contributed by atoms with van der Waals surface area (Å²) in [4.78, 5) is 4.56. The number of fused-ring (bicyclic) bond motifs is 3. The molecule has 0 aromatic carbocycles. The van der Waals surface area contributed by atoms with Gasteiger partial charge in [-0.3, -0.25) is 9.53 Å². The zero-order valence-corrected chi connectivity index (χ0v) is 19.0. The van der Waals surface area contributed by atoms with Gasteiger partial charge in [0.05, 0.1) is 26.1 Å². The molecule has 5 aliphatic rings. The third-order valence-electron chi connectivity index (χ3n) is 7.67. The smallest absolute Gasteiger partial charge is 0.201 e. The van der Waals surface area contributed by atoms with Crippen LogP contribution in [0.15, 0.2) is 22.2 Å². The number of nitrogens with zero attached hydrogens (tertiary/aromatic N) is 5. The Morgan fingerprint density at radius 1 is 1.29 bits per heavy atom. The van der Waals surface area contributed by atoms with Gasteiger partial charge < -0.3 is 5.43 Å². The van der Waals surface area contributed by atoms with E-state index in [1.807, 2.05) is 13.2 Å². The van der Waals surface area contributed by atoms with Gasteiger partial charge in [0.25, 0.3) is 0 Å². The normalized spacial score (nSPS) is 36.2. The van der Waals surface area contributed by atoms with Crippen LogP contribution in [0.3, 0.4) is 0 Å². The van der Waals surface area contributed by atoms with E-state index in [1.165, 1.54) is 17.7 Å². The lowest BCUT2D eigenvalue weighted by Crippen LogP contribution is -2.61. The van der Waals surface area contributed by atoms with E-state index in [-0.39, 0.29) is 11.4 Å². The number of pyridine rings is 1. The molecule has 3 saturated heterocycles. The van der Waals surface area contributed by atoms with Gasteiger partial charge in [-0.15, -0.1) is 5.10 Å². The highest BCUT2D eigenvalue weighted by atomic mass is 32.2. The van der Waals surface area contributed by atoms with Crippen molar-refractivity contribution in [3.05, 3.63) is 27.8 Å². The molecule has 11 heteroatoms. The third kappa shape index (κ3) is 2.80. The van der Waals surface area contributed by atoms with Crippen molar-refractivity contribution in [1.29, 1.82) is 0 Å². The molecule has 6 heterocycles. The summed E-state index contributed by atoms with van der Waals surface area (Å²) in [5.74, 6) is 0.891. The van der Waals surface area contributed by atoms with Crippen LogP contribution >= 0.6 is 11.8 Å². The number of hydrogen-bond donors (Lipinski definition) is 3. The average Bonchev–Trinajstić information content (AvgIpc) is 3.45. The second-order valence-corrected chi connectivity index (χ2v) is 12.4. The van der Waals surface area contributed by atoms with Crippen LogP contribution in [-0.4, -0.2) is 52.5 Å². The topological polar surface area (TPSA) is 100 Å². The first-order chi connectivity index (χ1) is 15.2. The molecule has 4 fully saturated rings. The van der Waals surface area contributed by atoms with Crippen molar-refractivity contribution in [3.8, 4) is 0 Å². The molecule has 6 atom stereocenters. The Bertz CT molecular complexity index is 1110. The summed E-state index contributed by atoms with van der Waals surface area (Å²) in [7, 11) is 1.00. The first kappa shape index (κ1) is 19.0. The minimum absolute atomic E-state index is 0.212. The Morgan fingerprint density at radius 2 is 2.19 bits per heavy atom. The number of aromatic nitrogens is 4. The van der Waals surface area contributed by atoms with E-state index in [0.717, 1.165) is 42.0 Å². The number of rotatable bonds is 3. The Kier molecular flexibility index (Phi) is 4.28. The fraction of sp³-hybridized carbons (Fsp3) is 0.650.